The van der Waals surface area contributed by atoms with E-state index in [0.29, 0.717) is 22.0 Å². The van der Waals surface area contributed by atoms with Crippen LogP contribution in [-0.2, 0) is 10.2 Å². The molecule has 3 rings (SSSR count). The van der Waals surface area contributed by atoms with E-state index in [1.54, 1.807) is 36.4 Å². The van der Waals surface area contributed by atoms with Gasteiger partial charge in [0.2, 0.25) is 5.91 Å². The van der Waals surface area contributed by atoms with Crippen molar-refractivity contribution in [3.8, 4) is 0 Å². The Hall–Kier alpha value is -2.76. The van der Waals surface area contributed by atoms with Gasteiger partial charge in [0.25, 0.3) is 5.91 Å². The fourth-order valence-electron chi connectivity index (χ4n) is 3.01. The third kappa shape index (κ3) is 6.62. The van der Waals surface area contributed by atoms with Gasteiger partial charge in [0.15, 0.2) is 0 Å². The molecule has 1 atom stereocenters. The SMILES string of the molecule is CC(Sc1ccc(Cl)cc1)C(=O)Nc1cccc(NC(=O)c2ccc(C(C)(C)C)cc2)c1. The molecule has 32 heavy (non-hydrogen) atoms. The standard InChI is InChI=1S/C26H27ClN2O2S/c1-17(32-23-14-12-20(27)13-15-23)24(30)28-21-6-5-7-22(16-21)29-25(31)18-8-10-19(11-9-18)26(2,3)4/h5-17H,1-4H3,(H,28,30)(H,29,31). The Morgan fingerprint density at radius 3 is 2.06 bits per heavy atom. The molecule has 3 aromatic rings. The highest BCUT2D eigenvalue weighted by Gasteiger charge is 2.16. The van der Waals surface area contributed by atoms with Gasteiger partial charge in [-0.1, -0.05) is 50.6 Å². The summed E-state index contributed by atoms with van der Waals surface area (Å²) >= 11 is 7.37. The maximum Gasteiger partial charge on any atom is 0.255 e. The van der Waals surface area contributed by atoms with Crippen LogP contribution >= 0.6 is 23.4 Å². The molecule has 4 nitrogen and oxygen atoms in total. The van der Waals surface area contributed by atoms with Crippen LogP contribution < -0.4 is 10.6 Å². The van der Waals surface area contributed by atoms with Crippen LogP contribution in [0.1, 0.15) is 43.6 Å². The zero-order valence-electron chi connectivity index (χ0n) is 18.6. The Morgan fingerprint density at radius 2 is 1.47 bits per heavy atom. The summed E-state index contributed by atoms with van der Waals surface area (Å²) in [6.07, 6.45) is 0. The molecule has 2 N–H and O–H groups in total. The number of halogens is 1. The number of carbonyl (C=O) groups is 2. The molecule has 6 heteroatoms. The van der Waals surface area contributed by atoms with E-state index in [0.717, 1.165) is 4.90 Å². The first-order valence-corrected chi connectivity index (χ1v) is 11.6. The minimum Gasteiger partial charge on any atom is -0.325 e. The highest BCUT2D eigenvalue weighted by molar-refractivity contribution is 8.00. The van der Waals surface area contributed by atoms with Crippen molar-refractivity contribution in [1.82, 2.24) is 0 Å². The summed E-state index contributed by atoms with van der Waals surface area (Å²) in [6, 6.07) is 22.1. The summed E-state index contributed by atoms with van der Waals surface area (Å²) in [7, 11) is 0. The second kappa shape index (κ2) is 10.2. The lowest BCUT2D eigenvalue weighted by atomic mass is 9.87. The molecule has 2 amide bonds. The molecule has 0 saturated carbocycles. The van der Waals surface area contributed by atoms with E-state index < -0.39 is 0 Å². The van der Waals surface area contributed by atoms with Gasteiger partial charge in [0.05, 0.1) is 5.25 Å². The first kappa shape index (κ1) is 23.9. The first-order valence-electron chi connectivity index (χ1n) is 10.4. The van der Waals surface area contributed by atoms with E-state index >= 15 is 0 Å². The molecule has 0 bridgehead atoms. The van der Waals surface area contributed by atoms with Gasteiger partial charge in [-0.3, -0.25) is 9.59 Å². The monoisotopic (exact) mass is 466 g/mol. The molecule has 0 spiro atoms. The van der Waals surface area contributed by atoms with Crippen LogP contribution in [0.5, 0.6) is 0 Å². The Bertz CT molecular complexity index is 1090. The number of nitrogens with one attached hydrogen (secondary N) is 2. The van der Waals surface area contributed by atoms with Gasteiger partial charge in [0.1, 0.15) is 0 Å². The number of anilines is 2. The lowest BCUT2D eigenvalue weighted by Crippen LogP contribution is -2.22. The molecule has 0 aliphatic heterocycles. The van der Waals surface area contributed by atoms with Crippen molar-refractivity contribution in [3.05, 3.63) is 88.9 Å². The Kier molecular flexibility index (Phi) is 7.64. The van der Waals surface area contributed by atoms with E-state index in [2.05, 4.69) is 31.4 Å². The molecule has 3 aromatic carbocycles. The normalized spacial score (nSPS) is 12.2. The van der Waals surface area contributed by atoms with Crippen LogP contribution in [0.4, 0.5) is 11.4 Å². The van der Waals surface area contributed by atoms with Crippen molar-refractivity contribution in [2.24, 2.45) is 0 Å². The average molecular weight is 467 g/mol. The van der Waals surface area contributed by atoms with E-state index in [9.17, 15) is 9.59 Å². The number of hydrogen-bond acceptors (Lipinski definition) is 3. The topological polar surface area (TPSA) is 58.2 Å². The molecular formula is C26H27ClN2O2S. The smallest absolute Gasteiger partial charge is 0.255 e. The zero-order chi connectivity index (χ0) is 23.3. The molecule has 0 aliphatic rings. The van der Waals surface area contributed by atoms with Gasteiger partial charge >= 0.3 is 0 Å². The highest BCUT2D eigenvalue weighted by atomic mass is 35.5. The highest BCUT2D eigenvalue weighted by Crippen LogP contribution is 2.26. The number of rotatable bonds is 6. The van der Waals surface area contributed by atoms with Crippen molar-refractivity contribution >= 4 is 46.6 Å². The Morgan fingerprint density at radius 1 is 0.875 bits per heavy atom. The summed E-state index contributed by atoms with van der Waals surface area (Å²) < 4.78 is 0. The van der Waals surface area contributed by atoms with Gasteiger partial charge in [-0.15, -0.1) is 11.8 Å². The van der Waals surface area contributed by atoms with Crippen molar-refractivity contribution in [2.45, 2.75) is 43.3 Å². The largest absolute Gasteiger partial charge is 0.325 e. The molecule has 0 radical (unpaired) electrons. The molecule has 1 unspecified atom stereocenters. The molecule has 0 heterocycles. The van der Waals surface area contributed by atoms with Crippen LogP contribution in [-0.4, -0.2) is 17.1 Å². The molecule has 166 valence electrons. The predicted octanol–water partition coefficient (Wildman–Crippen LogP) is 7.01. The quantitative estimate of drug-likeness (QED) is 0.384. The zero-order valence-corrected chi connectivity index (χ0v) is 20.2. The third-order valence-corrected chi connectivity index (χ3v) is 6.26. The number of amides is 2. The fourth-order valence-corrected chi connectivity index (χ4v) is 4.01. The molecular weight excluding hydrogens is 440 g/mol. The second-order valence-electron chi connectivity index (χ2n) is 8.57. The molecule has 0 saturated heterocycles. The van der Waals surface area contributed by atoms with E-state index in [-0.39, 0.29) is 22.5 Å². The lowest BCUT2D eigenvalue weighted by Gasteiger charge is -2.19. The van der Waals surface area contributed by atoms with Crippen molar-refractivity contribution in [1.29, 1.82) is 0 Å². The summed E-state index contributed by atoms with van der Waals surface area (Å²) in [4.78, 5) is 26.2. The summed E-state index contributed by atoms with van der Waals surface area (Å²) in [5.74, 6) is -0.313. The van der Waals surface area contributed by atoms with Crippen LogP contribution in [0.25, 0.3) is 0 Å². The number of thioether (sulfide) groups is 1. The average Bonchev–Trinajstić information content (AvgIpc) is 2.75. The van der Waals surface area contributed by atoms with E-state index in [1.807, 2.05) is 43.3 Å². The number of benzene rings is 3. The van der Waals surface area contributed by atoms with Gasteiger partial charge in [0, 0.05) is 26.9 Å². The summed E-state index contributed by atoms with van der Waals surface area (Å²) in [5.41, 5.74) is 3.03. The molecule has 0 aliphatic carbocycles. The van der Waals surface area contributed by atoms with Gasteiger partial charge in [-0.25, -0.2) is 0 Å². The van der Waals surface area contributed by atoms with Gasteiger partial charge in [-0.2, -0.15) is 0 Å². The summed E-state index contributed by atoms with van der Waals surface area (Å²) in [5, 5.41) is 6.18. The summed E-state index contributed by atoms with van der Waals surface area (Å²) in [6.45, 7) is 8.26. The Labute approximate surface area is 198 Å². The predicted molar refractivity (Wildman–Crippen MR) is 135 cm³/mol. The Balaban J connectivity index is 1.61. The van der Waals surface area contributed by atoms with Crippen molar-refractivity contribution in [2.75, 3.05) is 10.6 Å². The first-order chi connectivity index (χ1) is 15.1. The number of carbonyl (C=O) groups excluding carboxylic acids is 2. The van der Waals surface area contributed by atoms with Crippen LogP contribution in [0, 0.1) is 0 Å². The molecule has 0 aromatic heterocycles. The molecule has 0 fully saturated rings. The fraction of sp³-hybridized carbons (Fsp3) is 0.231. The second-order valence-corrected chi connectivity index (χ2v) is 10.4. The maximum absolute atomic E-state index is 12.6. The van der Waals surface area contributed by atoms with E-state index in [1.165, 1.54) is 17.3 Å². The third-order valence-electron chi connectivity index (χ3n) is 4.90. The minimum absolute atomic E-state index is 0.0323. The van der Waals surface area contributed by atoms with Crippen LogP contribution in [0.2, 0.25) is 5.02 Å². The number of hydrogen-bond donors (Lipinski definition) is 2. The van der Waals surface area contributed by atoms with Crippen molar-refractivity contribution in [3.63, 3.8) is 0 Å². The van der Waals surface area contributed by atoms with E-state index in [4.69, 9.17) is 11.6 Å². The lowest BCUT2D eigenvalue weighted by molar-refractivity contribution is -0.115. The minimum atomic E-state index is -0.296. The van der Waals surface area contributed by atoms with Crippen molar-refractivity contribution < 1.29 is 9.59 Å². The maximum atomic E-state index is 12.6. The van der Waals surface area contributed by atoms with Gasteiger partial charge < -0.3 is 10.6 Å². The van der Waals surface area contributed by atoms with Gasteiger partial charge in [-0.05, 0) is 72.5 Å². The van der Waals surface area contributed by atoms with Crippen LogP contribution in [0.3, 0.4) is 0 Å². The van der Waals surface area contributed by atoms with Crippen LogP contribution in [0.15, 0.2) is 77.7 Å².